The lowest BCUT2D eigenvalue weighted by Gasteiger charge is -2.01. The molecule has 0 fully saturated rings. The highest BCUT2D eigenvalue weighted by Gasteiger charge is 2.12. The number of hydrogen-bond acceptors (Lipinski definition) is 4. The van der Waals surface area contributed by atoms with Gasteiger partial charge in [-0.3, -0.25) is 0 Å². The van der Waals surface area contributed by atoms with Crippen molar-refractivity contribution in [1.29, 1.82) is 0 Å². The fourth-order valence-electron chi connectivity index (χ4n) is 1.81. The van der Waals surface area contributed by atoms with Gasteiger partial charge in [-0.25, -0.2) is 0 Å². The number of phenolic OH excluding ortho intramolecular Hbond substituents is 1. The molecule has 0 radical (unpaired) electrons. The molecule has 0 aliphatic carbocycles. The molecule has 0 amide bonds. The maximum absolute atomic E-state index is 9.53. The van der Waals surface area contributed by atoms with Crippen LogP contribution in [0.3, 0.4) is 0 Å². The Morgan fingerprint density at radius 1 is 0.889 bits per heavy atom. The summed E-state index contributed by atoms with van der Waals surface area (Å²) >= 11 is 1.36. The summed E-state index contributed by atoms with van der Waals surface area (Å²) < 4.78 is 4.01. The second-order valence-corrected chi connectivity index (χ2v) is 4.62. The summed E-state index contributed by atoms with van der Waals surface area (Å²) in [6, 6.07) is 17.1. The fraction of sp³-hybridized carbons (Fsp3) is 0. The molecule has 1 N–H and O–H groups in total. The molecular formula is C14H10N2OS. The average Bonchev–Trinajstić information content (AvgIpc) is 2.89. The molecule has 3 rings (SSSR count). The zero-order chi connectivity index (χ0) is 12.4. The summed E-state index contributed by atoms with van der Waals surface area (Å²) in [5, 5.41) is 13.7. The molecule has 2 aromatic carbocycles. The summed E-state index contributed by atoms with van der Waals surface area (Å²) in [5.41, 5.74) is 2.77. The van der Waals surface area contributed by atoms with E-state index < -0.39 is 0 Å². The Morgan fingerprint density at radius 3 is 2.44 bits per heavy atom. The number of benzene rings is 2. The number of phenols is 1. The van der Waals surface area contributed by atoms with Gasteiger partial charge in [-0.15, -0.1) is 5.10 Å². The SMILES string of the molecule is Oc1cccc(-c2nnsc2-c2ccccc2)c1. The largest absolute Gasteiger partial charge is 0.508 e. The van der Waals surface area contributed by atoms with Gasteiger partial charge in [-0.1, -0.05) is 47.0 Å². The van der Waals surface area contributed by atoms with Crippen molar-refractivity contribution in [2.45, 2.75) is 0 Å². The van der Waals surface area contributed by atoms with Crippen molar-refractivity contribution in [3.8, 4) is 27.4 Å². The number of nitrogens with zero attached hydrogens (tertiary/aromatic N) is 2. The van der Waals surface area contributed by atoms with Crippen molar-refractivity contribution in [3.05, 3.63) is 54.6 Å². The van der Waals surface area contributed by atoms with Crippen molar-refractivity contribution < 1.29 is 5.11 Å². The maximum Gasteiger partial charge on any atom is 0.116 e. The average molecular weight is 254 g/mol. The first kappa shape index (κ1) is 10.9. The van der Waals surface area contributed by atoms with E-state index >= 15 is 0 Å². The molecule has 3 nitrogen and oxygen atoms in total. The van der Waals surface area contributed by atoms with Crippen LogP contribution in [0.1, 0.15) is 0 Å². The van der Waals surface area contributed by atoms with Crippen LogP contribution in [0.4, 0.5) is 0 Å². The summed E-state index contributed by atoms with van der Waals surface area (Å²) in [4.78, 5) is 1.02. The van der Waals surface area contributed by atoms with Crippen molar-refractivity contribution >= 4 is 11.5 Å². The highest BCUT2D eigenvalue weighted by atomic mass is 32.1. The summed E-state index contributed by atoms with van der Waals surface area (Å²) in [5.74, 6) is 0.236. The minimum Gasteiger partial charge on any atom is -0.508 e. The summed E-state index contributed by atoms with van der Waals surface area (Å²) in [6.45, 7) is 0. The van der Waals surface area contributed by atoms with E-state index in [0.29, 0.717) is 0 Å². The van der Waals surface area contributed by atoms with Crippen LogP contribution in [0.25, 0.3) is 21.7 Å². The molecule has 0 saturated carbocycles. The van der Waals surface area contributed by atoms with Gasteiger partial charge in [0.15, 0.2) is 0 Å². The van der Waals surface area contributed by atoms with Gasteiger partial charge in [0.2, 0.25) is 0 Å². The molecule has 0 bridgehead atoms. The summed E-state index contributed by atoms with van der Waals surface area (Å²) in [7, 11) is 0. The predicted molar refractivity (Wildman–Crippen MR) is 72.4 cm³/mol. The second kappa shape index (κ2) is 4.58. The first-order valence-electron chi connectivity index (χ1n) is 5.52. The Kier molecular flexibility index (Phi) is 2.78. The second-order valence-electron chi connectivity index (χ2n) is 3.87. The quantitative estimate of drug-likeness (QED) is 0.760. The van der Waals surface area contributed by atoms with Gasteiger partial charge >= 0.3 is 0 Å². The Bertz CT molecular complexity index is 664. The van der Waals surface area contributed by atoms with Gasteiger partial charge < -0.3 is 5.11 Å². The zero-order valence-electron chi connectivity index (χ0n) is 9.45. The molecule has 0 aliphatic rings. The van der Waals surface area contributed by atoms with E-state index in [9.17, 15) is 5.11 Å². The third kappa shape index (κ3) is 1.98. The molecule has 0 aliphatic heterocycles. The lowest BCUT2D eigenvalue weighted by molar-refractivity contribution is 0.475. The standard InChI is InChI=1S/C14H10N2OS/c17-12-8-4-7-11(9-12)13-14(18-16-15-13)10-5-2-1-3-6-10/h1-9,17H. The lowest BCUT2D eigenvalue weighted by atomic mass is 10.1. The minimum absolute atomic E-state index is 0.236. The molecule has 18 heavy (non-hydrogen) atoms. The monoisotopic (exact) mass is 254 g/mol. The van der Waals surface area contributed by atoms with Crippen molar-refractivity contribution in [3.63, 3.8) is 0 Å². The minimum atomic E-state index is 0.236. The molecule has 0 atom stereocenters. The van der Waals surface area contributed by atoms with Crippen LogP contribution in [-0.4, -0.2) is 14.7 Å². The van der Waals surface area contributed by atoms with Crippen LogP contribution in [0.5, 0.6) is 5.75 Å². The van der Waals surface area contributed by atoms with Crippen molar-refractivity contribution in [1.82, 2.24) is 9.59 Å². The Morgan fingerprint density at radius 2 is 1.67 bits per heavy atom. The molecule has 0 spiro atoms. The van der Waals surface area contributed by atoms with Crippen LogP contribution >= 0.6 is 11.5 Å². The van der Waals surface area contributed by atoms with E-state index in [1.54, 1.807) is 18.2 Å². The zero-order valence-corrected chi connectivity index (χ0v) is 10.3. The van der Waals surface area contributed by atoms with Crippen LogP contribution in [0, 0.1) is 0 Å². The van der Waals surface area contributed by atoms with Crippen LogP contribution < -0.4 is 0 Å². The Labute approximate surface area is 109 Å². The Hall–Kier alpha value is -2.20. The molecular weight excluding hydrogens is 244 g/mol. The number of aromatic nitrogens is 2. The van der Waals surface area contributed by atoms with Crippen LogP contribution in [0.2, 0.25) is 0 Å². The van der Waals surface area contributed by atoms with E-state index in [-0.39, 0.29) is 5.75 Å². The van der Waals surface area contributed by atoms with E-state index in [4.69, 9.17) is 0 Å². The van der Waals surface area contributed by atoms with Crippen LogP contribution in [0.15, 0.2) is 54.6 Å². The predicted octanol–water partition coefficient (Wildman–Crippen LogP) is 3.58. The normalized spacial score (nSPS) is 10.4. The number of aromatic hydroxyl groups is 1. The lowest BCUT2D eigenvalue weighted by Crippen LogP contribution is -1.82. The molecule has 3 aromatic rings. The van der Waals surface area contributed by atoms with Gasteiger partial charge in [-0.05, 0) is 29.2 Å². The van der Waals surface area contributed by atoms with Crippen molar-refractivity contribution in [2.75, 3.05) is 0 Å². The van der Waals surface area contributed by atoms with Crippen LogP contribution in [-0.2, 0) is 0 Å². The first-order chi connectivity index (χ1) is 8.84. The molecule has 4 heteroatoms. The molecule has 0 unspecified atom stereocenters. The third-order valence-electron chi connectivity index (χ3n) is 2.64. The number of hydrogen-bond donors (Lipinski definition) is 1. The third-order valence-corrected chi connectivity index (χ3v) is 3.42. The van der Waals surface area contributed by atoms with Gasteiger partial charge in [-0.2, -0.15) is 0 Å². The number of rotatable bonds is 2. The van der Waals surface area contributed by atoms with Gasteiger partial charge in [0.1, 0.15) is 11.4 Å². The smallest absolute Gasteiger partial charge is 0.116 e. The maximum atomic E-state index is 9.53. The molecule has 1 aromatic heterocycles. The molecule has 1 heterocycles. The fourth-order valence-corrected chi connectivity index (χ4v) is 2.50. The molecule has 88 valence electrons. The topological polar surface area (TPSA) is 46.0 Å². The van der Waals surface area contributed by atoms with E-state index in [2.05, 4.69) is 9.59 Å². The van der Waals surface area contributed by atoms with Gasteiger partial charge in [0.05, 0.1) is 4.88 Å². The van der Waals surface area contributed by atoms with Gasteiger partial charge in [0.25, 0.3) is 0 Å². The summed E-state index contributed by atoms with van der Waals surface area (Å²) in [6.07, 6.45) is 0. The van der Waals surface area contributed by atoms with E-state index in [1.165, 1.54) is 11.5 Å². The molecule has 0 saturated heterocycles. The van der Waals surface area contributed by atoms with Gasteiger partial charge in [0, 0.05) is 5.56 Å². The van der Waals surface area contributed by atoms with E-state index in [1.807, 2.05) is 36.4 Å². The van der Waals surface area contributed by atoms with Crippen molar-refractivity contribution in [2.24, 2.45) is 0 Å². The first-order valence-corrected chi connectivity index (χ1v) is 6.29. The Balaban J connectivity index is 2.13. The highest BCUT2D eigenvalue weighted by molar-refractivity contribution is 7.09. The highest BCUT2D eigenvalue weighted by Crippen LogP contribution is 2.33. The van der Waals surface area contributed by atoms with E-state index in [0.717, 1.165) is 21.7 Å².